The molecule has 0 heterocycles. The number of aryl methyl sites for hydroxylation is 2. The van der Waals surface area contributed by atoms with Crippen LogP contribution in [0.25, 0.3) is 34.4 Å². The molecule has 0 amide bonds. The fourth-order valence-electron chi connectivity index (χ4n) is 9.14. The predicted molar refractivity (Wildman–Crippen MR) is 223 cm³/mol. The van der Waals surface area contributed by atoms with Gasteiger partial charge in [0, 0.05) is 0 Å². The number of halogens is 2. The molecule has 2 aliphatic carbocycles. The molecule has 0 fully saturated rings. The summed E-state index contributed by atoms with van der Waals surface area (Å²) in [6.07, 6.45) is 9.43. The van der Waals surface area contributed by atoms with Gasteiger partial charge in [0.15, 0.2) is 0 Å². The van der Waals surface area contributed by atoms with E-state index in [0.717, 1.165) is 25.7 Å². The number of rotatable bonds is 9. The molecule has 4 aromatic rings. The molecular weight excluding hydrogens is 743 g/mol. The molecule has 4 heteroatoms. The van der Waals surface area contributed by atoms with Gasteiger partial charge < -0.3 is 0 Å². The van der Waals surface area contributed by atoms with Gasteiger partial charge in [0.25, 0.3) is 0 Å². The van der Waals surface area contributed by atoms with E-state index in [9.17, 15) is 0 Å². The van der Waals surface area contributed by atoms with Crippen LogP contribution in [0.2, 0.25) is 13.1 Å². The van der Waals surface area contributed by atoms with Crippen LogP contribution in [0.5, 0.6) is 0 Å². The SMILES string of the molecule is CCCc1ccccc1-c1cccc2c1C=C(C(C)(C)C)[CH]2[Zr]([Cl])([Cl])([CH]1C(C(C)(C)C)=Cc2c(-c3ccccc3CCC)cccc21)[SiH](C)C. The third kappa shape index (κ3) is 6.27. The van der Waals surface area contributed by atoms with Crippen LogP contribution < -0.4 is 0 Å². The minimum absolute atomic E-state index is 0.0393. The Morgan fingerprint density at radius 1 is 0.540 bits per heavy atom. The number of fused-ring (bicyclic) bond motifs is 2. The molecule has 0 aliphatic heterocycles. The van der Waals surface area contributed by atoms with Gasteiger partial charge in [-0.3, -0.25) is 0 Å². The third-order valence-electron chi connectivity index (χ3n) is 11.7. The summed E-state index contributed by atoms with van der Waals surface area (Å²) in [7, 11) is 17.8. The van der Waals surface area contributed by atoms with Gasteiger partial charge >= 0.3 is 315 Å². The fourth-order valence-corrected chi connectivity index (χ4v) is 40.6. The average Bonchev–Trinajstić information content (AvgIpc) is 3.67. The molecule has 0 bridgehead atoms. The zero-order valence-corrected chi connectivity index (χ0v) is 37.2. The summed E-state index contributed by atoms with van der Waals surface area (Å²) in [4.78, 5) is 0. The molecule has 6 rings (SSSR count). The summed E-state index contributed by atoms with van der Waals surface area (Å²) >= 11 is -5.02. The first-order chi connectivity index (χ1) is 23.5. The van der Waals surface area contributed by atoms with E-state index in [2.05, 4.69) is 166 Å². The van der Waals surface area contributed by atoms with Crippen LogP contribution in [-0.4, -0.2) is 5.92 Å². The van der Waals surface area contributed by atoms with Crippen LogP contribution >= 0.6 is 17.0 Å². The van der Waals surface area contributed by atoms with E-state index in [-0.39, 0.29) is 18.1 Å². The zero-order valence-electron chi connectivity index (χ0n) is 32.1. The first kappa shape index (κ1) is 37.8. The monoisotopic (exact) mass is 797 g/mol. The molecule has 0 saturated heterocycles. The minimum atomic E-state index is -5.02. The molecule has 0 nitrogen and oxygen atoms in total. The molecule has 0 aromatic heterocycles. The van der Waals surface area contributed by atoms with Crippen molar-refractivity contribution >= 4 is 35.1 Å². The molecule has 0 spiro atoms. The van der Waals surface area contributed by atoms with Gasteiger partial charge in [-0.1, -0.05) is 0 Å². The van der Waals surface area contributed by atoms with E-state index >= 15 is 0 Å². The van der Waals surface area contributed by atoms with Crippen LogP contribution in [0, 0.1) is 10.8 Å². The van der Waals surface area contributed by atoms with Crippen molar-refractivity contribution in [1.29, 1.82) is 0 Å². The van der Waals surface area contributed by atoms with Gasteiger partial charge in [0.2, 0.25) is 0 Å². The van der Waals surface area contributed by atoms with E-state index < -0.39 is 21.5 Å². The van der Waals surface area contributed by atoms with Gasteiger partial charge in [-0.2, -0.15) is 0 Å². The molecule has 50 heavy (non-hydrogen) atoms. The van der Waals surface area contributed by atoms with Crippen molar-refractivity contribution in [2.45, 2.75) is 101 Å². The van der Waals surface area contributed by atoms with Crippen molar-refractivity contribution in [1.82, 2.24) is 0 Å². The molecule has 0 N–H and O–H groups in total. The number of benzene rings is 4. The van der Waals surface area contributed by atoms with Crippen molar-refractivity contribution in [3.63, 3.8) is 0 Å². The van der Waals surface area contributed by atoms with E-state index in [1.165, 1.54) is 66.8 Å². The summed E-state index contributed by atoms with van der Waals surface area (Å²) in [5, 5.41) is 0. The topological polar surface area (TPSA) is 0 Å². The van der Waals surface area contributed by atoms with E-state index in [1.807, 2.05) is 0 Å². The Labute approximate surface area is 312 Å². The normalized spacial score (nSPS) is 18.4. The Morgan fingerprint density at radius 2 is 0.900 bits per heavy atom. The van der Waals surface area contributed by atoms with E-state index in [1.54, 1.807) is 0 Å². The summed E-state index contributed by atoms with van der Waals surface area (Å²) in [6, 6.07) is 32.0. The number of allylic oxidation sites excluding steroid dienone is 2. The Kier molecular flexibility index (Phi) is 10.4. The zero-order chi connectivity index (χ0) is 36.2. The second-order valence-electron chi connectivity index (χ2n) is 17.4. The van der Waals surface area contributed by atoms with Gasteiger partial charge in [-0.25, -0.2) is 0 Å². The second-order valence-corrected chi connectivity index (χ2v) is 59.9. The Morgan fingerprint density at radius 3 is 1.24 bits per heavy atom. The van der Waals surface area contributed by atoms with Crippen molar-refractivity contribution in [2.75, 3.05) is 0 Å². The van der Waals surface area contributed by atoms with E-state index in [0.29, 0.717) is 0 Å². The summed E-state index contributed by atoms with van der Waals surface area (Å²) in [5.41, 5.74) is 16.2. The Hall–Kier alpha value is -1.96. The molecular formula is C46H57Cl2SiZr. The van der Waals surface area contributed by atoms with Crippen LogP contribution in [0.15, 0.2) is 96.1 Å². The number of hydrogen-bond donors (Lipinski definition) is 0. The van der Waals surface area contributed by atoms with Crippen molar-refractivity contribution in [3.8, 4) is 22.3 Å². The van der Waals surface area contributed by atoms with Crippen molar-refractivity contribution in [3.05, 3.63) is 129 Å². The maximum absolute atomic E-state index is 8.91. The molecule has 263 valence electrons. The van der Waals surface area contributed by atoms with Crippen molar-refractivity contribution < 1.29 is 15.6 Å². The van der Waals surface area contributed by atoms with Gasteiger partial charge in [0.05, 0.1) is 0 Å². The Balaban J connectivity index is 1.66. The average molecular weight is 800 g/mol. The standard InChI is InChI=1S/2C22H25.C2H7Si.2ClH.Zr/c2*1-5-9-16-10-6-7-12-19(16)20-13-8-11-17-14-18(15-21(17)20)22(2,3)4;1-3-2;;;/h2*6-8,10-15H,5,9H2,1-4H3;3H,1-2H3;2*1H;/q;;;;;+2/p-2. The number of hydrogen-bond acceptors (Lipinski definition) is 0. The predicted octanol–water partition coefficient (Wildman–Crippen LogP) is 14.6. The molecule has 4 aromatic carbocycles. The second kappa shape index (κ2) is 13.8. The Bertz CT molecular complexity index is 1850. The first-order valence-corrected chi connectivity index (χ1v) is 35.3. The van der Waals surface area contributed by atoms with Crippen LogP contribution in [-0.2, 0) is 28.4 Å². The first-order valence-electron chi connectivity index (χ1n) is 19.0. The summed E-state index contributed by atoms with van der Waals surface area (Å²) < 4.78 is 0.0786. The molecule has 2 aliphatic rings. The van der Waals surface area contributed by atoms with Crippen molar-refractivity contribution in [2.24, 2.45) is 10.8 Å². The molecule has 0 saturated carbocycles. The van der Waals surface area contributed by atoms with E-state index in [4.69, 9.17) is 17.0 Å². The summed E-state index contributed by atoms with van der Waals surface area (Å²) in [5.74, 6) is -1.72. The van der Waals surface area contributed by atoms with Gasteiger partial charge in [-0.05, 0) is 0 Å². The quantitative estimate of drug-likeness (QED) is 0.148. The van der Waals surface area contributed by atoms with Gasteiger partial charge in [-0.15, -0.1) is 0 Å². The fraction of sp³-hybridized carbons (Fsp3) is 0.391. The van der Waals surface area contributed by atoms with Crippen LogP contribution in [0.3, 0.4) is 0 Å². The molecule has 0 radical (unpaired) electrons. The summed E-state index contributed by atoms with van der Waals surface area (Å²) in [6.45, 7) is 23.7. The molecule has 2 atom stereocenters. The molecule has 2 unspecified atom stereocenters. The van der Waals surface area contributed by atoms with Crippen LogP contribution in [0.1, 0.15) is 109 Å². The maximum atomic E-state index is 8.91. The van der Waals surface area contributed by atoms with Gasteiger partial charge in [0.1, 0.15) is 0 Å². The van der Waals surface area contributed by atoms with Crippen LogP contribution in [0.4, 0.5) is 0 Å². The third-order valence-corrected chi connectivity index (χ3v) is 63.3.